The number of benzene rings is 1. The molecule has 1 aromatic carbocycles. The first-order valence-corrected chi connectivity index (χ1v) is 11.7. The van der Waals surface area contributed by atoms with Crippen LogP contribution < -0.4 is 20.7 Å². The Kier molecular flexibility index (Phi) is 7.44. The number of nitrogens with one attached hydrogen (secondary N) is 1. The number of nitrogen functional groups attached to an aromatic ring is 1. The van der Waals surface area contributed by atoms with Gasteiger partial charge in [-0.2, -0.15) is 0 Å². The van der Waals surface area contributed by atoms with Crippen molar-refractivity contribution in [3.05, 3.63) is 71.3 Å². The van der Waals surface area contributed by atoms with Crippen molar-refractivity contribution in [3.63, 3.8) is 0 Å². The zero-order valence-electron chi connectivity index (χ0n) is 19.9. The Morgan fingerprint density at radius 1 is 1.12 bits per heavy atom. The molecular formula is C25H33N7O2. The summed E-state index contributed by atoms with van der Waals surface area (Å²) in [6.07, 6.45) is 4.38. The van der Waals surface area contributed by atoms with Crippen molar-refractivity contribution in [2.75, 3.05) is 48.8 Å². The monoisotopic (exact) mass is 463 g/mol. The van der Waals surface area contributed by atoms with Gasteiger partial charge in [0.25, 0.3) is 0 Å². The molecule has 2 aromatic heterocycles. The van der Waals surface area contributed by atoms with Crippen LogP contribution in [0.25, 0.3) is 0 Å². The summed E-state index contributed by atoms with van der Waals surface area (Å²) in [5.74, 6) is 2.21. The van der Waals surface area contributed by atoms with E-state index in [1.807, 2.05) is 24.3 Å². The summed E-state index contributed by atoms with van der Waals surface area (Å²) in [5, 5.41) is 16.7. The summed E-state index contributed by atoms with van der Waals surface area (Å²) in [5.41, 5.74) is 8.63. The average Bonchev–Trinajstić information content (AvgIpc) is 2.82. The van der Waals surface area contributed by atoms with Crippen molar-refractivity contribution in [2.45, 2.75) is 26.9 Å². The third-order valence-electron chi connectivity index (χ3n) is 5.85. The van der Waals surface area contributed by atoms with Crippen LogP contribution in [0.1, 0.15) is 25.1 Å². The standard InChI is InChI=1S/C25H33N7O2/c1-19(2)15-20-5-3-6-21(16-20)29-18-32(33)13-11-31(12-14-32)24-23(7-4-9-27-24)34-17-22-8-10-28-25(26)30-22/h3-10,16,19,29H,11-15,17-18H2,1-2H3,(H2,26,28,30). The van der Waals surface area contributed by atoms with Gasteiger partial charge in [-0.15, -0.1) is 0 Å². The third kappa shape index (κ3) is 6.33. The molecule has 34 heavy (non-hydrogen) atoms. The largest absolute Gasteiger partial charge is 0.631 e. The fourth-order valence-electron chi connectivity index (χ4n) is 4.09. The number of hydroxylamine groups is 3. The number of nitrogens with zero attached hydrogens (tertiary/aromatic N) is 5. The van der Waals surface area contributed by atoms with Gasteiger partial charge in [0.1, 0.15) is 6.61 Å². The molecule has 9 nitrogen and oxygen atoms in total. The quantitative estimate of drug-likeness (QED) is 0.367. The van der Waals surface area contributed by atoms with Crippen molar-refractivity contribution in [2.24, 2.45) is 5.92 Å². The Balaban J connectivity index is 1.33. The highest BCUT2D eigenvalue weighted by molar-refractivity contribution is 5.52. The lowest BCUT2D eigenvalue weighted by molar-refractivity contribution is -0.877. The topological polar surface area (TPSA) is 112 Å². The Bertz CT molecular complexity index is 1080. The first kappa shape index (κ1) is 23.7. The fourth-order valence-corrected chi connectivity index (χ4v) is 4.09. The molecule has 180 valence electrons. The Morgan fingerprint density at radius 3 is 2.71 bits per heavy atom. The lowest BCUT2D eigenvalue weighted by atomic mass is 10.0. The van der Waals surface area contributed by atoms with E-state index in [0.717, 1.165) is 17.9 Å². The maximum Gasteiger partial charge on any atom is 0.220 e. The van der Waals surface area contributed by atoms with Gasteiger partial charge in [-0.3, -0.25) is 0 Å². The molecule has 0 saturated carbocycles. The molecule has 1 aliphatic rings. The van der Waals surface area contributed by atoms with Crippen molar-refractivity contribution < 1.29 is 9.38 Å². The average molecular weight is 464 g/mol. The van der Waals surface area contributed by atoms with E-state index < -0.39 is 0 Å². The lowest BCUT2D eigenvalue weighted by Gasteiger charge is -2.48. The zero-order chi connectivity index (χ0) is 24.0. The smallest absolute Gasteiger partial charge is 0.220 e. The van der Waals surface area contributed by atoms with Gasteiger partial charge in [-0.05, 0) is 48.2 Å². The highest BCUT2D eigenvalue weighted by Crippen LogP contribution is 2.28. The van der Waals surface area contributed by atoms with Gasteiger partial charge in [0, 0.05) is 18.1 Å². The molecule has 0 radical (unpaired) electrons. The van der Waals surface area contributed by atoms with Crippen molar-refractivity contribution in [1.82, 2.24) is 15.0 Å². The number of rotatable bonds is 9. The normalized spacial score (nSPS) is 15.4. The van der Waals surface area contributed by atoms with E-state index in [1.165, 1.54) is 5.56 Å². The van der Waals surface area contributed by atoms with Crippen LogP contribution in [0, 0.1) is 11.1 Å². The van der Waals surface area contributed by atoms with Crippen LogP contribution >= 0.6 is 0 Å². The van der Waals surface area contributed by atoms with Crippen molar-refractivity contribution in [3.8, 4) is 5.75 Å². The number of hydrogen-bond donors (Lipinski definition) is 2. The maximum absolute atomic E-state index is 13.3. The molecule has 0 unspecified atom stereocenters. The first-order chi connectivity index (χ1) is 16.4. The minimum absolute atomic E-state index is 0.216. The number of nitrogens with two attached hydrogens (primary N) is 1. The van der Waals surface area contributed by atoms with Gasteiger partial charge >= 0.3 is 0 Å². The van der Waals surface area contributed by atoms with Crippen LogP contribution in [-0.2, 0) is 13.0 Å². The van der Waals surface area contributed by atoms with Crippen molar-refractivity contribution in [1.29, 1.82) is 0 Å². The third-order valence-corrected chi connectivity index (χ3v) is 5.85. The summed E-state index contributed by atoms with van der Waals surface area (Å²) >= 11 is 0. The number of quaternary nitrogens is 1. The summed E-state index contributed by atoms with van der Waals surface area (Å²) in [6.45, 7) is 7.18. The second kappa shape index (κ2) is 10.7. The van der Waals surface area contributed by atoms with E-state index in [1.54, 1.807) is 18.5 Å². The lowest BCUT2D eigenvalue weighted by Crippen LogP contribution is -2.58. The van der Waals surface area contributed by atoms with Gasteiger partial charge in [-0.25, -0.2) is 15.0 Å². The predicted octanol–water partition coefficient (Wildman–Crippen LogP) is 3.44. The van der Waals surface area contributed by atoms with E-state index >= 15 is 0 Å². The predicted molar refractivity (Wildman–Crippen MR) is 134 cm³/mol. The molecule has 1 aliphatic heterocycles. The number of pyridine rings is 1. The molecule has 0 bridgehead atoms. The van der Waals surface area contributed by atoms with Gasteiger partial charge in [0.2, 0.25) is 5.95 Å². The summed E-state index contributed by atoms with van der Waals surface area (Å²) in [7, 11) is 0. The molecular weight excluding hydrogens is 430 g/mol. The van der Waals surface area contributed by atoms with Crippen LogP contribution in [0.5, 0.6) is 5.75 Å². The van der Waals surface area contributed by atoms with E-state index in [9.17, 15) is 5.21 Å². The molecule has 0 aliphatic carbocycles. The molecule has 3 aromatic rings. The van der Waals surface area contributed by atoms with E-state index in [2.05, 4.69) is 51.1 Å². The van der Waals surface area contributed by atoms with Gasteiger partial charge in [-0.1, -0.05) is 26.0 Å². The summed E-state index contributed by atoms with van der Waals surface area (Å²) in [4.78, 5) is 14.7. The summed E-state index contributed by atoms with van der Waals surface area (Å²) < 4.78 is 5.70. The van der Waals surface area contributed by atoms with Crippen molar-refractivity contribution >= 4 is 17.5 Å². The molecule has 3 N–H and O–H groups in total. The van der Waals surface area contributed by atoms with Gasteiger partial charge < -0.3 is 30.5 Å². The minimum atomic E-state index is -0.284. The summed E-state index contributed by atoms with van der Waals surface area (Å²) in [6, 6.07) is 13.8. The molecule has 1 saturated heterocycles. The molecule has 3 heterocycles. The maximum atomic E-state index is 13.3. The molecule has 0 atom stereocenters. The van der Waals surface area contributed by atoms with Gasteiger partial charge in [0.05, 0.1) is 31.9 Å². The molecule has 0 spiro atoms. The number of hydrogen-bond acceptors (Lipinski definition) is 8. The Morgan fingerprint density at radius 2 is 1.94 bits per heavy atom. The van der Waals surface area contributed by atoms with Crippen LogP contribution in [0.4, 0.5) is 17.5 Å². The highest BCUT2D eigenvalue weighted by atomic mass is 16.5. The molecule has 4 rings (SSSR count). The van der Waals surface area contributed by atoms with Gasteiger partial charge in [0.15, 0.2) is 18.2 Å². The molecule has 1 fully saturated rings. The second-order valence-corrected chi connectivity index (χ2v) is 9.15. The molecule has 0 amide bonds. The van der Waals surface area contributed by atoms with Crippen LogP contribution in [0.2, 0.25) is 0 Å². The van der Waals surface area contributed by atoms with Crippen LogP contribution in [-0.4, -0.2) is 52.4 Å². The number of ether oxygens (including phenoxy) is 1. The van der Waals surface area contributed by atoms with E-state index in [-0.39, 0.29) is 17.2 Å². The van der Waals surface area contributed by atoms with Crippen LogP contribution in [0.15, 0.2) is 54.9 Å². The number of aromatic nitrogens is 3. The number of anilines is 3. The minimum Gasteiger partial charge on any atom is -0.631 e. The molecule has 9 heteroatoms. The Labute approximate surface area is 200 Å². The Hall–Kier alpha value is -3.43. The van der Waals surface area contributed by atoms with E-state index in [0.29, 0.717) is 50.2 Å². The first-order valence-electron chi connectivity index (χ1n) is 11.7. The SMILES string of the molecule is CC(C)Cc1cccc(NC[N+]2([O-])CCN(c3ncccc3OCc3ccnc(N)n3)CC2)c1. The number of piperazine rings is 1. The van der Waals surface area contributed by atoms with E-state index in [4.69, 9.17) is 10.5 Å². The second-order valence-electron chi connectivity index (χ2n) is 9.15. The van der Waals surface area contributed by atoms with Crippen LogP contribution in [0.3, 0.4) is 0 Å². The fraction of sp³-hybridized carbons (Fsp3) is 0.400. The highest BCUT2D eigenvalue weighted by Gasteiger charge is 2.27. The zero-order valence-corrected chi connectivity index (χ0v) is 19.9.